The van der Waals surface area contributed by atoms with Crippen molar-refractivity contribution < 1.29 is 0 Å². The first-order chi connectivity index (χ1) is 9.11. The van der Waals surface area contributed by atoms with Gasteiger partial charge in [0.05, 0.1) is 9.83 Å². The van der Waals surface area contributed by atoms with Gasteiger partial charge in [0, 0.05) is 28.9 Å². The largest absolute Gasteiger partial charge is 0.329 e. The molecule has 0 aliphatic carbocycles. The van der Waals surface area contributed by atoms with Crippen molar-refractivity contribution in [3.8, 4) is 0 Å². The van der Waals surface area contributed by atoms with Crippen LogP contribution < -0.4 is 5.73 Å². The fourth-order valence-electron chi connectivity index (χ4n) is 2.16. The highest BCUT2D eigenvalue weighted by atomic mass is 79.9. The van der Waals surface area contributed by atoms with Gasteiger partial charge in [0.2, 0.25) is 0 Å². The van der Waals surface area contributed by atoms with Gasteiger partial charge >= 0.3 is 0 Å². The van der Waals surface area contributed by atoms with Crippen LogP contribution in [0.25, 0.3) is 0 Å². The molecule has 2 nitrogen and oxygen atoms in total. The lowest BCUT2D eigenvalue weighted by Gasteiger charge is -2.33. The molecule has 0 aliphatic heterocycles. The van der Waals surface area contributed by atoms with Crippen LogP contribution in [-0.2, 0) is 6.54 Å². The third-order valence-corrected chi connectivity index (χ3v) is 5.71. The van der Waals surface area contributed by atoms with E-state index in [9.17, 15) is 0 Å². The summed E-state index contributed by atoms with van der Waals surface area (Å²) in [6, 6.07) is 9.34. The number of hydrogen-bond donors (Lipinski definition) is 1. The van der Waals surface area contributed by atoms with Crippen LogP contribution >= 0.6 is 38.6 Å². The predicted molar refractivity (Wildman–Crippen MR) is 88.8 cm³/mol. The molecule has 2 aromatic heterocycles. The zero-order valence-corrected chi connectivity index (χ0v) is 14.4. The van der Waals surface area contributed by atoms with Crippen LogP contribution in [0.3, 0.4) is 0 Å². The number of thiophene rings is 2. The molecular formula is C14H19BrN2S2. The summed E-state index contributed by atoms with van der Waals surface area (Å²) in [6.07, 6.45) is 0. The van der Waals surface area contributed by atoms with Crippen LogP contribution in [0.2, 0.25) is 0 Å². The molecule has 1 atom stereocenters. The van der Waals surface area contributed by atoms with Crippen molar-refractivity contribution in [3.63, 3.8) is 0 Å². The third kappa shape index (κ3) is 3.89. The number of nitrogens with two attached hydrogens (primary N) is 1. The molecule has 2 heterocycles. The van der Waals surface area contributed by atoms with Gasteiger partial charge in [0.1, 0.15) is 0 Å². The summed E-state index contributed by atoms with van der Waals surface area (Å²) in [7, 11) is 0. The topological polar surface area (TPSA) is 29.3 Å². The van der Waals surface area contributed by atoms with Gasteiger partial charge in [-0.05, 0) is 53.4 Å². The molecule has 0 amide bonds. The number of rotatable bonds is 6. The van der Waals surface area contributed by atoms with E-state index in [0.29, 0.717) is 18.6 Å². The van der Waals surface area contributed by atoms with Gasteiger partial charge in [-0.1, -0.05) is 6.07 Å². The quantitative estimate of drug-likeness (QED) is 0.824. The first kappa shape index (κ1) is 15.2. The number of nitrogens with zero attached hydrogens (tertiary/aromatic N) is 1. The monoisotopic (exact) mass is 358 g/mol. The summed E-state index contributed by atoms with van der Waals surface area (Å²) in [4.78, 5) is 5.20. The highest BCUT2D eigenvalue weighted by Gasteiger charge is 2.23. The first-order valence-electron chi connectivity index (χ1n) is 6.35. The van der Waals surface area contributed by atoms with E-state index in [4.69, 9.17) is 5.73 Å². The van der Waals surface area contributed by atoms with E-state index >= 15 is 0 Å². The Morgan fingerprint density at radius 3 is 2.58 bits per heavy atom. The lowest BCUT2D eigenvalue weighted by atomic mass is 10.1. The van der Waals surface area contributed by atoms with Gasteiger partial charge in [0.25, 0.3) is 0 Å². The van der Waals surface area contributed by atoms with E-state index in [2.05, 4.69) is 64.3 Å². The normalized spacial score (nSPS) is 13.4. The van der Waals surface area contributed by atoms with Crippen LogP contribution in [-0.4, -0.2) is 17.5 Å². The van der Waals surface area contributed by atoms with Crippen LogP contribution in [0.4, 0.5) is 0 Å². The number of halogens is 1. The Kier molecular flexibility index (Phi) is 5.59. The minimum atomic E-state index is 0.290. The number of hydrogen-bond acceptors (Lipinski definition) is 4. The Bertz CT molecular complexity index is 493. The van der Waals surface area contributed by atoms with E-state index < -0.39 is 0 Å². The molecule has 2 N–H and O–H groups in total. The van der Waals surface area contributed by atoms with Crippen LogP contribution in [0.1, 0.15) is 29.6 Å². The Balaban J connectivity index is 2.20. The molecule has 0 fully saturated rings. The summed E-state index contributed by atoms with van der Waals surface area (Å²) < 4.78 is 1.17. The van der Waals surface area contributed by atoms with Gasteiger partial charge in [-0.3, -0.25) is 4.90 Å². The Labute approximate surface area is 131 Å². The summed E-state index contributed by atoms with van der Waals surface area (Å²) in [6.45, 7) is 6.08. The zero-order valence-electron chi connectivity index (χ0n) is 11.2. The van der Waals surface area contributed by atoms with Crippen molar-refractivity contribution >= 4 is 38.6 Å². The second kappa shape index (κ2) is 6.99. The second-order valence-electron chi connectivity index (χ2n) is 4.74. The molecule has 0 aliphatic rings. The average Bonchev–Trinajstić information content (AvgIpc) is 3.00. The molecule has 0 spiro atoms. The molecular weight excluding hydrogens is 340 g/mol. The van der Waals surface area contributed by atoms with E-state index in [1.165, 1.54) is 13.5 Å². The maximum Gasteiger partial charge on any atom is 0.0702 e. The Hall–Kier alpha value is -0.200. The third-order valence-electron chi connectivity index (χ3n) is 3.13. The van der Waals surface area contributed by atoms with Crippen molar-refractivity contribution in [3.05, 3.63) is 43.2 Å². The first-order valence-corrected chi connectivity index (χ1v) is 8.84. The maximum atomic E-state index is 6.03. The summed E-state index contributed by atoms with van der Waals surface area (Å²) in [5, 5.41) is 2.13. The maximum absolute atomic E-state index is 6.03. The van der Waals surface area contributed by atoms with Gasteiger partial charge in [-0.15, -0.1) is 22.7 Å². The average molecular weight is 359 g/mol. The molecule has 5 heteroatoms. The van der Waals surface area contributed by atoms with E-state index in [0.717, 1.165) is 6.54 Å². The summed E-state index contributed by atoms with van der Waals surface area (Å²) in [5.74, 6) is 0. The smallest absolute Gasteiger partial charge is 0.0702 e. The van der Waals surface area contributed by atoms with Crippen LogP contribution in [0.15, 0.2) is 33.4 Å². The molecule has 0 saturated carbocycles. The molecule has 1 unspecified atom stereocenters. The zero-order chi connectivity index (χ0) is 13.8. The molecule has 0 radical (unpaired) electrons. The molecule has 2 aromatic rings. The van der Waals surface area contributed by atoms with Crippen molar-refractivity contribution in [1.82, 2.24) is 4.90 Å². The SMILES string of the molecule is CC(C)N(Cc1cccs1)C(CN)c1ccc(Br)s1. The predicted octanol–water partition coefficient (Wildman–Crippen LogP) is 4.48. The minimum absolute atomic E-state index is 0.290. The highest BCUT2D eigenvalue weighted by Crippen LogP contribution is 2.32. The summed E-state index contributed by atoms with van der Waals surface area (Å²) in [5.41, 5.74) is 6.03. The Morgan fingerprint density at radius 2 is 2.11 bits per heavy atom. The minimum Gasteiger partial charge on any atom is -0.329 e. The van der Waals surface area contributed by atoms with Crippen molar-refractivity contribution in [2.45, 2.75) is 32.5 Å². The van der Waals surface area contributed by atoms with Crippen molar-refractivity contribution in [2.24, 2.45) is 5.73 Å². The van der Waals surface area contributed by atoms with Crippen molar-refractivity contribution in [1.29, 1.82) is 0 Å². The van der Waals surface area contributed by atoms with Crippen molar-refractivity contribution in [2.75, 3.05) is 6.54 Å². The fourth-order valence-corrected chi connectivity index (χ4v) is 4.43. The fraction of sp³-hybridized carbons (Fsp3) is 0.429. The van der Waals surface area contributed by atoms with E-state index in [1.807, 2.05) is 11.3 Å². The van der Waals surface area contributed by atoms with Crippen LogP contribution in [0.5, 0.6) is 0 Å². The Morgan fingerprint density at radius 1 is 1.32 bits per heavy atom. The lowest BCUT2D eigenvalue weighted by molar-refractivity contribution is 0.152. The standard InChI is InChI=1S/C14H19BrN2S2/c1-10(2)17(9-11-4-3-7-18-11)12(8-16)13-5-6-14(15)19-13/h3-7,10,12H,8-9,16H2,1-2H3. The van der Waals surface area contributed by atoms with Gasteiger partial charge in [-0.2, -0.15) is 0 Å². The van der Waals surface area contributed by atoms with Gasteiger partial charge in [0.15, 0.2) is 0 Å². The molecule has 104 valence electrons. The highest BCUT2D eigenvalue weighted by molar-refractivity contribution is 9.11. The van der Waals surface area contributed by atoms with Crippen LogP contribution in [0, 0.1) is 0 Å². The van der Waals surface area contributed by atoms with E-state index in [-0.39, 0.29) is 0 Å². The molecule has 0 aromatic carbocycles. The second-order valence-corrected chi connectivity index (χ2v) is 8.27. The van der Waals surface area contributed by atoms with Gasteiger partial charge < -0.3 is 5.73 Å². The van der Waals surface area contributed by atoms with E-state index in [1.54, 1.807) is 11.3 Å². The van der Waals surface area contributed by atoms with Gasteiger partial charge in [-0.25, -0.2) is 0 Å². The lowest BCUT2D eigenvalue weighted by Crippen LogP contribution is -2.37. The molecule has 19 heavy (non-hydrogen) atoms. The molecule has 0 bridgehead atoms. The molecule has 2 rings (SSSR count). The molecule has 0 saturated heterocycles. The summed E-state index contributed by atoms with van der Waals surface area (Å²) >= 11 is 7.12.